The van der Waals surface area contributed by atoms with Crippen molar-refractivity contribution in [1.29, 1.82) is 0 Å². The van der Waals surface area contributed by atoms with Gasteiger partial charge in [0.1, 0.15) is 5.75 Å². The lowest BCUT2D eigenvalue weighted by molar-refractivity contribution is -0.123. The van der Waals surface area contributed by atoms with Crippen LogP contribution in [0.5, 0.6) is 5.75 Å². The maximum Gasteiger partial charge on any atom is 0.227 e. The summed E-state index contributed by atoms with van der Waals surface area (Å²) in [6, 6.07) is 7.84. The van der Waals surface area contributed by atoms with Crippen molar-refractivity contribution < 1.29 is 9.53 Å². The van der Waals surface area contributed by atoms with Crippen LogP contribution in [0.25, 0.3) is 0 Å². The monoisotopic (exact) mass is 339 g/mol. The molecular formula is C16H22BrNO2. The smallest absolute Gasteiger partial charge is 0.227 e. The van der Waals surface area contributed by atoms with Gasteiger partial charge in [0.15, 0.2) is 0 Å². The minimum absolute atomic E-state index is 0.0615. The Morgan fingerprint density at radius 3 is 3.10 bits per heavy atom. The minimum atomic E-state index is -0.0615. The van der Waals surface area contributed by atoms with E-state index in [1.165, 1.54) is 0 Å². The highest BCUT2D eigenvalue weighted by molar-refractivity contribution is 9.09. The third-order valence-electron chi connectivity index (χ3n) is 3.71. The lowest BCUT2D eigenvalue weighted by Gasteiger charge is -2.25. The van der Waals surface area contributed by atoms with Crippen molar-refractivity contribution in [3.63, 3.8) is 0 Å². The fourth-order valence-corrected chi connectivity index (χ4v) is 2.80. The fraction of sp³-hybridized carbons (Fsp3) is 0.562. The third-order valence-corrected chi connectivity index (χ3v) is 4.82. The largest absolute Gasteiger partial charge is 0.493 e. The number of carbonyl (C=O) groups excluding carboxylic acids is 1. The number of alkyl halides is 1. The van der Waals surface area contributed by atoms with Gasteiger partial charge in [-0.3, -0.25) is 4.79 Å². The van der Waals surface area contributed by atoms with E-state index in [4.69, 9.17) is 4.74 Å². The number of amides is 1. The quantitative estimate of drug-likeness (QED) is 0.636. The van der Waals surface area contributed by atoms with Gasteiger partial charge in [0.25, 0.3) is 0 Å². The first-order valence-electron chi connectivity index (χ1n) is 7.27. The molecule has 20 heavy (non-hydrogen) atoms. The molecule has 1 aromatic carbocycles. The van der Waals surface area contributed by atoms with Gasteiger partial charge >= 0.3 is 0 Å². The van der Waals surface area contributed by atoms with E-state index in [-0.39, 0.29) is 11.8 Å². The second kappa shape index (κ2) is 7.67. The molecule has 0 radical (unpaired) electrons. The van der Waals surface area contributed by atoms with Crippen LogP contribution in [-0.2, 0) is 4.79 Å². The van der Waals surface area contributed by atoms with E-state index in [9.17, 15) is 4.79 Å². The first-order chi connectivity index (χ1) is 9.72. The van der Waals surface area contributed by atoms with Gasteiger partial charge in [-0.1, -0.05) is 41.1 Å². The van der Waals surface area contributed by atoms with Crippen molar-refractivity contribution in [3.05, 3.63) is 29.8 Å². The summed E-state index contributed by atoms with van der Waals surface area (Å²) in [4.78, 5) is 12.3. The van der Waals surface area contributed by atoms with Gasteiger partial charge in [-0.25, -0.2) is 0 Å². The zero-order chi connectivity index (χ0) is 14.4. The molecule has 1 heterocycles. The van der Waals surface area contributed by atoms with Crippen molar-refractivity contribution in [2.24, 2.45) is 5.92 Å². The number of para-hydroxylation sites is 1. The molecule has 1 aliphatic rings. The molecule has 0 aromatic heterocycles. The number of rotatable bonds is 6. The molecule has 0 saturated heterocycles. The molecule has 3 nitrogen and oxygen atoms in total. The van der Waals surface area contributed by atoms with Gasteiger partial charge in [0.05, 0.1) is 12.5 Å². The molecule has 1 aromatic rings. The normalized spacial score (nSPS) is 18.8. The van der Waals surface area contributed by atoms with E-state index < -0.39 is 0 Å². The molecule has 2 rings (SSSR count). The summed E-state index contributed by atoms with van der Waals surface area (Å²) in [5.74, 6) is 1.59. The Morgan fingerprint density at radius 1 is 1.50 bits per heavy atom. The number of hydrogen-bond acceptors (Lipinski definition) is 2. The summed E-state index contributed by atoms with van der Waals surface area (Å²) in [7, 11) is 0. The number of halogens is 1. The molecular weight excluding hydrogens is 318 g/mol. The Bertz CT molecular complexity index is 450. The number of benzene rings is 1. The summed E-state index contributed by atoms with van der Waals surface area (Å²) in [6.45, 7) is 3.59. The van der Waals surface area contributed by atoms with E-state index >= 15 is 0 Å². The lowest BCUT2D eigenvalue weighted by Crippen LogP contribution is -2.33. The van der Waals surface area contributed by atoms with Gasteiger partial charge in [-0.05, 0) is 31.2 Å². The maximum absolute atomic E-state index is 12.3. The number of fused-ring (bicyclic) bond motifs is 1. The Morgan fingerprint density at radius 2 is 2.30 bits per heavy atom. The van der Waals surface area contributed by atoms with Gasteiger partial charge in [-0.2, -0.15) is 0 Å². The van der Waals surface area contributed by atoms with E-state index in [0.29, 0.717) is 12.5 Å². The predicted octanol–water partition coefficient (Wildman–Crippen LogP) is 3.48. The second-order valence-electron chi connectivity index (χ2n) is 5.42. The van der Waals surface area contributed by atoms with Gasteiger partial charge in [0, 0.05) is 17.4 Å². The van der Waals surface area contributed by atoms with Gasteiger partial charge < -0.3 is 10.1 Å². The Balaban J connectivity index is 1.85. The van der Waals surface area contributed by atoms with Crippen molar-refractivity contribution in [2.45, 2.75) is 32.1 Å². The van der Waals surface area contributed by atoms with E-state index in [2.05, 4.69) is 28.2 Å². The number of hydrogen-bond donors (Lipinski definition) is 1. The average molecular weight is 340 g/mol. The molecule has 1 amide bonds. The fourth-order valence-electron chi connectivity index (χ4n) is 2.48. The first kappa shape index (κ1) is 15.4. The van der Waals surface area contributed by atoms with Crippen LogP contribution >= 0.6 is 15.9 Å². The van der Waals surface area contributed by atoms with Crippen LogP contribution in [0.3, 0.4) is 0 Å². The summed E-state index contributed by atoms with van der Waals surface area (Å²) in [6.07, 6.45) is 2.93. The first-order valence-corrected chi connectivity index (χ1v) is 8.40. The molecule has 0 fully saturated rings. The zero-order valence-electron chi connectivity index (χ0n) is 11.9. The average Bonchev–Trinajstić information content (AvgIpc) is 2.50. The maximum atomic E-state index is 12.3. The SMILES string of the molecule is CC(CBr)CCCNC(=O)C1CCOc2ccccc21. The topological polar surface area (TPSA) is 38.3 Å². The Labute approximate surface area is 129 Å². The van der Waals surface area contributed by atoms with Crippen molar-refractivity contribution >= 4 is 21.8 Å². The van der Waals surface area contributed by atoms with Crippen LogP contribution in [0, 0.1) is 5.92 Å². The molecule has 0 spiro atoms. The van der Waals surface area contributed by atoms with Crippen molar-refractivity contribution in [2.75, 3.05) is 18.5 Å². The van der Waals surface area contributed by atoms with Crippen LogP contribution in [0.2, 0.25) is 0 Å². The lowest BCUT2D eigenvalue weighted by atomic mass is 9.92. The van der Waals surface area contributed by atoms with Crippen LogP contribution in [0.15, 0.2) is 24.3 Å². The molecule has 2 atom stereocenters. The molecule has 0 bridgehead atoms. The molecule has 0 saturated carbocycles. The number of ether oxygens (including phenoxy) is 1. The molecule has 2 unspecified atom stereocenters. The highest BCUT2D eigenvalue weighted by Gasteiger charge is 2.26. The van der Waals surface area contributed by atoms with Crippen LogP contribution < -0.4 is 10.1 Å². The van der Waals surface area contributed by atoms with Crippen LogP contribution in [-0.4, -0.2) is 24.4 Å². The second-order valence-corrected chi connectivity index (χ2v) is 6.07. The minimum Gasteiger partial charge on any atom is -0.493 e. The van der Waals surface area contributed by atoms with Crippen molar-refractivity contribution in [3.8, 4) is 5.75 Å². The van der Waals surface area contributed by atoms with Crippen molar-refractivity contribution in [1.82, 2.24) is 5.32 Å². The number of nitrogens with one attached hydrogen (secondary N) is 1. The van der Waals surface area contributed by atoms with Gasteiger partial charge in [-0.15, -0.1) is 0 Å². The van der Waals surface area contributed by atoms with E-state index in [0.717, 1.165) is 42.5 Å². The van der Waals surface area contributed by atoms with E-state index in [1.807, 2.05) is 24.3 Å². The molecule has 1 N–H and O–H groups in total. The third kappa shape index (κ3) is 3.98. The number of carbonyl (C=O) groups is 1. The summed E-state index contributed by atoms with van der Waals surface area (Å²) in [5.41, 5.74) is 1.02. The summed E-state index contributed by atoms with van der Waals surface area (Å²) in [5, 5.41) is 4.09. The Kier molecular flexibility index (Phi) is 5.89. The zero-order valence-corrected chi connectivity index (χ0v) is 13.5. The summed E-state index contributed by atoms with van der Waals surface area (Å²) < 4.78 is 5.59. The molecule has 1 aliphatic heterocycles. The van der Waals surface area contributed by atoms with Crippen LogP contribution in [0.1, 0.15) is 37.7 Å². The molecule has 110 valence electrons. The van der Waals surface area contributed by atoms with Gasteiger partial charge in [0.2, 0.25) is 5.91 Å². The summed E-state index contributed by atoms with van der Waals surface area (Å²) >= 11 is 3.48. The predicted molar refractivity (Wildman–Crippen MR) is 84.5 cm³/mol. The molecule has 4 heteroatoms. The molecule has 0 aliphatic carbocycles. The highest BCUT2D eigenvalue weighted by atomic mass is 79.9. The van der Waals surface area contributed by atoms with Crippen LogP contribution in [0.4, 0.5) is 0 Å². The highest BCUT2D eigenvalue weighted by Crippen LogP contribution is 2.33. The Hall–Kier alpha value is -1.03. The standard InChI is InChI=1S/C16H22BrNO2/c1-12(11-17)5-4-9-18-16(19)14-8-10-20-15-7-3-2-6-13(14)15/h2-3,6-7,12,14H,4-5,8-11H2,1H3,(H,18,19). The van der Waals surface area contributed by atoms with E-state index in [1.54, 1.807) is 0 Å².